The Labute approximate surface area is 149 Å². The molecular formula is C14H11ClN6O3S. The van der Waals surface area contributed by atoms with E-state index in [9.17, 15) is 14.4 Å². The number of halogens is 1. The third kappa shape index (κ3) is 3.44. The maximum atomic E-state index is 12.3. The first kappa shape index (κ1) is 16.9. The number of nitrogens with one attached hydrogen (secondary N) is 1. The Bertz CT molecular complexity index is 1010. The molecule has 25 heavy (non-hydrogen) atoms. The topological polar surface area (TPSA) is 125 Å². The van der Waals surface area contributed by atoms with Gasteiger partial charge in [-0.3, -0.25) is 9.59 Å². The van der Waals surface area contributed by atoms with Crippen molar-refractivity contribution < 1.29 is 9.59 Å². The van der Waals surface area contributed by atoms with Crippen molar-refractivity contribution in [3.05, 3.63) is 56.8 Å². The Morgan fingerprint density at radius 2 is 2.00 bits per heavy atom. The number of para-hydroxylation sites is 1. The van der Waals surface area contributed by atoms with Gasteiger partial charge in [-0.1, -0.05) is 23.7 Å². The van der Waals surface area contributed by atoms with Crippen molar-refractivity contribution in [2.45, 2.75) is 6.54 Å². The van der Waals surface area contributed by atoms with Gasteiger partial charge < -0.3 is 11.1 Å². The summed E-state index contributed by atoms with van der Waals surface area (Å²) >= 11 is 7.18. The van der Waals surface area contributed by atoms with E-state index < -0.39 is 17.5 Å². The van der Waals surface area contributed by atoms with Crippen LogP contribution in [0.4, 0.5) is 5.00 Å². The second kappa shape index (κ2) is 6.87. The summed E-state index contributed by atoms with van der Waals surface area (Å²) in [6.07, 6.45) is 0. The summed E-state index contributed by atoms with van der Waals surface area (Å²) in [5.41, 5.74) is 5.15. The molecule has 9 nitrogen and oxygen atoms in total. The molecule has 0 spiro atoms. The Kier molecular flexibility index (Phi) is 4.63. The third-order valence-electron chi connectivity index (χ3n) is 3.20. The minimum atomic E-state index is -0.654. The average Bonchev–Trinajstić information content (AvgIpc) is 3.16. The van der Waals surface area contributed by atoms with Crippen LogP contribution in [-0.4, -0.2) is 31.6 Å². The van der Waals surface area contributed by atoms with E-state index in [4.69, 9.17) is 17.3 Å². The lowest BCUT2D eigenvalue weighted by Gasteiger charge is -2.03. The van der Waals surface area contributed by atoms with Crippen LogP contribution in [0.15, 0.2) is 40.5 Å². The second-order valence-corrected chi connectivity index (χ2v) is 6.18. The van der Waals surface area contributed by atoms with Crippen LogP contribution in [0.1, 0.15) is 10.4 Å². The van der Waals surface area contributed by atoms with E-state index in [1.54, 1.807) is 29.6 Å². The number of hydrogen-bond donors (Lipinski definition) is 2. The highest BCUT2D eigenvalue weighted by Gasteiger charge is 2.16. The Morgan fingerprint density at radius 3 is 2.72 bits per heavy atom. The van der Waals surface area contributed by atoms with Crippen LogP contribution in [0.25, 0.3) is 5.69 Å². The standard InChI is InChI=1S/C14H11ClN6O3S/c15-9-3-1-2-4-10(9)21-14(24)20(18-19-21)7-11(22)17-13-8(12(16)23)5-6-25-13/h1-6H,7H2,(H2,16,23)(H,17,22). The first-order chi connectivity index (χ1) is 12.0. The molecule has 0 radical (unpaired) electrons. The van der Waals surface area contributed by atoms with E-state index in [-0.39, 0.29) is 12.1 Å². The number of primary amides is 1. The van der Waals surface area contributed by atoms with Gasteiger partial charge in [0.05, 0.1) is 16.3 Å². The van der Waals surface area contributed by atoms with Crippen molar-refractivity contribution in [2.24, 2.45) is 5.73 Å². The lowest BCUT2D eigenvalue weighted by molar-refractivity contribution is -0.117. The highest BCUT2D eigenvalue weighted by Crippen LogP contribution is 2.22. The average molecular weight is 379 g/mol. The Hall–Kier alpha value is -2.98. The van der Waals surface area contributed by atoms with Crippen molar-refractivity contribution in [1.82, 2.24) is 19.8 Å². The predicted molar refractivity (Wildman–Crippen MR) is 92.1 cm³/mol. The summed E-state index contributed by atoms with van der Waals surface area (Å²) in [5.74, 6) is -1.20. The van der Waals surface area contributed by atoms with Crippen LogP contribution in [0.2, 0.25) is 5.02 Å². The normalized spacial score (nSPS) is 10.6. The van der Waals surface area contributed by atoms with Gasteiger partial charge >= 0.3 is 5.69 Å². The number of thiophene rings is 1. The smallest absolute Gasteiger partial charge is 0.366 e. The highest BCUT2D eigenvalue weighted by molar-refractivity contribution is 7.14. The van der Waals surface area contributed by atoms with Crippen LogP contribution in [-0.2, 0) is 11.3 Å². The van der Waals surface area contributed by atoms with Gasteiger partial charge in [0.25, 0.3) is 5.91 Å². The minimum Gasteiger partial charge on any atom is -0.366 e. The number of carbonyl (C=O) groups is 2. The van der Waals surface area contributed by atoms with Crippen LogP contribution < -0.4 is 16.7 Å². The summed E-state index contributed by atoms with van der Waals surface area (Å²) in [6.45, 7) is -0.376. The molecule has 0 fully saturated rings. The molecule has 2 amide bonds. The van der Waals surface area contributed by atoms with Crippen molar-refractivity contribution in [3.63, 3.8) is 0 Å². The molecule has 128 valence electrons. The van der Waals surface area contributed by atoms with Crippen LogP contribution in [0.3, 0.4) is 0 Å². The van der Waals surface area contributed by atoms with Crippen molar-refractivity contribution in [3.8, 4) is 5.69 Å². The SMILES string of the molecule is NC(=O)c1ccsc1NC(=O)Cn1nnn(-c2ccccc2Cl)c1=O. The Balaban J connectivity index is 1.79. The fourth-order valence-corrected chi connectivity index (χ4v) is 3.07. The van der Waals surface area contributed by atoms with E-state index in [1.807, 2.05) is 0 Å². The van der Waals surface area contributed by atoms with Gasteiger partial charge in [0.1, 0.15) is 11.5 Å². The van der Waals surface area contributed by atoms with Crippen molar-refractivity contribution in [1.29, 1.82) is 0 Å². The number of nitrogens with two attached hydrogens (primary N) is 1. The van der Waals surface area contributed by atoms with Crippen LogP contribution >= 0.6 is 22.9 Å². The molecule has 0 saturated carbocycles. The molecule has 1 aromatic carbocycles. The summed E-state index contributed by atoms with van der Waals surface area (Å²) < 4.78 is 1.88. The number of tetrazole rings is 1. The lowest BCUT2D eigenvalue weighted by Crippen LogP contribution is -2.30. The molecule has 0 bridgehead atoms. The predicted octanol–water partition coefficient (Wildman–Crippen LogP) is 0.881. The first-order valence-electron chi connectivity index (χ1n) is 6.92. The molecule has 3 rings (SSSR count). The molecule has 0 unspecified atom stereocenters. The maximum Gasteiger partial charge on any atom is 0.369 e. The first-order valence-corrected chi connectivity index (χ1v) is 8.18. The van der Waals surface area contributed by atoms with Gasteiger partial charge in [0.15, 0.2) is 0 Å². The number of benzene rings is 1. The van der Waals surface area contributed by atoms with Crippen LogP contribution in [0.5, 0.6) is 0 Å². The van der Waals surface area contributed by atoms with E-state index >= 15 is 0 Å². The molecule has 2 heterocycles. The summed E-state index contributed by atoms with van der Waals surface area (Å²) in [7, 11) is 0. The molecule has 0 aliphatic rings. The maximum absolute atomic E-state index is 12.3. The number of carbonyl (C=O) groups excluding carboxylic acids is 2. The van der Waals surface area contributed by atoms with Crippen molar-refractivity contribution >= 4 is 39.8 Å². The van der Waals surface area contributed by atoms with Gasteiger partial charge in [0, 0.05) is 0 Å². The monoisotopic (exact) mass is 378 g/mol. The minimum absolute atomic E-state index is 0.199. The number of amides is 2. The van der Waals surface area contributed by atoms with Gasteiger partial charge in [-0.05, 0) is 34.0 Å². The molecule has 0 aliphatic heterocycles. The van der Waals surface area contributed by atoms with Gasteiger partial charge in [0.2, 0.25) is 5.91 Å². The number of hydrogen-bond acceptors (Lipinski definition) is 6. The zero-order valence-corrected chi connectivity index (χ0v) is 14.1. The number of nitrogens with zero attached hydrogens (tertiary/aromatic N) is 4. The largest absolute Gasteiger partial charge is 0.369 e. The van der Waals surface area contributed by atoms with Gasteiger partial charge in [-0.2, -0.15) is 9.36 Å². The lowest BCUT2D eigenvalue weighted by atomic mass is 10.3. The number of anilines is 1. The fourth-order valence-electron chi connectivity index (χ4n) is 2.05. The zero-order chi connectivity index (χ0) is 18.0. The van der Waals surface area contributed by atoms with E-state index in [0.717, 1.165) is 20.7 Å². The second-order valence-electron chi connectivity index (χ2n) is 4.86. The number of aromatic nitrogens is 4. The van der Waals surface area contributed by atoms with E-state index in [2.05, 4.69) is 15.7 Å². The molecule has 3 N–H and O–H groups in total. The fraction of sp³-hybridized carbons (Fsp3) is 0.0714. The highest BCUT2D eigenvalue weighted by atomic mass is 35.5. The van der Waals surface area contributed by atoms with E-state index in [0.29, 0.717) is 15.7 Å². The molecule has 3 aromatic rings. The van der Waals surface area contributed by atoms with Crippen molar-refractivity contribution in [2.75, 3.05) is 5.32 Å². The molecule has 0 atom stereocenters. The summed E-state index contributed by atoms with van der Waals surface area (Å²) in [6, 6.07) is 8.13. The molecule has 11 heteroatoms. The summed E-state index contributed by atoms with van der Waals surface area (Å²) in [5, 5.41) is 12.2. The molecule has 0 saturated heterocycles. The molecule has 0 aliphatic carbocycles. The quantitative estimate of drug-likeness (QED) is 0.681. The zero-order valence-electron chi connectivity index (χ0n) is 12.5. The molecule has 2 aromatic heterocycles. The third-order valence-corrected chi connectivity index (χ3v) is 4.35. The molecular weight excluding hydrogens is 368 g/mol. The van der Waals surface area contributed by atoms with Crippen LogP contribution in [0, 0.1) is 0 Å². The number of rotatable bonds is 5. The van der Waals surface area contributed by atoms with Gasteiger partial charge in [-0.15, -0.1) is 11.3 Å². The Morgan fingerprint density at radius 1 is 1.24 bits per heavy atom. The van der Waals surface area contributed by atoms with E-state index in [1.165, 1.54) is 6.07 Å². The summed E-state index contributed by atoms with van der Waals surface area (Å²) in [4.78, 5) is 35.7. The van der Waals surface area contributed by atoms with Gasteiger partial charge in [-0.25, -0.2) is 4.79 Å².